The maximum absolute atomic E-state index is 11.5. The highest BCUT2D eigenvalue weighted by Gasteiger charge is 2.18. The van der Waals surface area contributed by atoms with Gasteiger partial charge < -0.3 is 15.5 Å². The summed E-state index contributed by atoms with van der Waals surface area (Å²) in [5.41, 5.74) is 2.44. The van der Waals surface area contributed by atoms with Gasteiger partial charge in [0.1, 0.15) is 11.4 Å². The van der Waals surface area contributed by atoms with Crippen molar-refractivity contribution in [3.8, 4) is 5.75 Å². The van der Waals surface area contributed by atoms with E-state index in [2.05, 4.69) is 4.98 Å². The zero-order valence-electron chi connectivity index (χ0n) is 12.1. The quantitative estimate of drug-likeness (QED) is 0.498. The number of para-hydroxylation sites is 1. The zero-order valence-corrected chi connectivity index (χ0v) is 12.1. The summed E-state index contributed by atoms with van der Waals surface area (Å²) in [6, 6.07) is 6.51. The molecule has 4 N–H and O–H groups in total. The lowest BCUT2D eigenvalue weighted by Gasteiger charge is -2.06. The zero-order chi connectivity index (χ0) is 17.7. The van der Waals surface area contributed by atoms with Crippen LogP contribution in [-0.4, -0.2) is 27.4 Å². The molecule has 124 valence electrons. The molecule has 0 saturated heterocycles. The number of hydrogen-bond acceptors (Lipinski definition) is 6. The van der Waals surface area contributed by atoms with Gasteiger partial charge in [-0.25, -0.2) is 4.79 Å². The van der Waals surface area contributed by atoms with E-state index in [1.54, 1.807) is 29.2 Å². The average Bonchev–Trinajstić information content (AvgIpc) is 2.50. The van der Waals surface area contributed by atoms with Crippen molar-refractivity contribution in [1.29, 1.82) is 0 Å². The highest BCUT2D eigenvalue weighted by Crippen LogP contribution is 2.21. The molecule has 1 aromatic carbocycles. The number of nitro groups is 1. The van der Waals surface area contributed by atoms with Crippen LogP contribution < -0.4 is 21.7 Å². The second-order valence-electron chi connectivity index (χ2n) is 4.55. The first-order valence-corrected chi connectivity index (χ1v) is 6.57. The van der Waals surface area contributed by atoms with Gasteiger partial charge in [0.05, 0.1) is 4.92 Å². The van der Waals surface area contributed by atoms with E-state index in [9.17, 15) is 24.5 Å². The van der Waals surface area contributed by atoms with Gasteiger partial charge in [0.25, 0.3) is 5.91 Å². The van der Waals surface area contributed by atoms with Crippen LogP contribution in [0.4, 0.5) is 5.69 Å². The summed E-state index contributed by atoms with van der Waals surface area (Å²) in [6.45, 7) is -0.340. The molecule has 10 nitrogen and oxygen atoms in total. The molecule has 24 heavy (non-hydrogen) atoms. The number of hydrogen-bond donors (Lipinski definition) is 3. The number of ether oxygens (including phenoxy) is 1. The number of nitrogens with zero attached hydrogens (tertiary/aromatic N) is 1. The number of H-pyrrole nitrogens is 2. The van der Waals surface area contributed by atoms with Crippen molar-refractivity contribution < 1.29 is 14.5 Å². The Balaban J connectivity index is 2.42. The lowest BCUT2D eigenvalue weighted by Crippen LogP contribution is -2.25. The fraction of sp³-hybridized carbons (Fsp3) is 0.0714. The third kappa shape index (κ3) is 3.94. The van der Waals surface area contributed by atoms with Crippen LogP contribution in [-0.2, 0) is 4.79 Å². The van der Waals surface area contributed by atoms with Crippen molar-refractivity contribution in [1.82, 2.24) is 9.97 Å². The summed E-state index contributed by atoms with van der Waals surface area (Å²) in [5.74, 6) is -0.356. The first-order chi connectivity index (χ1) is 11.4. The Labute approximate surface area is 133 Å². The average molecular weight is 332 g/mol. The summed E-state index contributed by atoms with van der Waals surface area (Å²) in [7, 11) is 0. The maximum atomic E-state index is 11.5. The van der Waals surface area contributed by atoms with Gasteiger partial charge in [0.2, 0.25) is 0 Å². The van der Waals surface area contributed by atoms with Crippen molar-refractivity contribution in [2.24, 2.45) is 5.73 Å². The molecule has 1 heterocycles. The van der Waals surface area contributed by atoms with Gasteiger partial charge in [-0.1, -0.05) is 18.2 Å². The monoisotopic (exact) mass is 332 g/mol. The highest BCUT2D eigenvalue weighted by atomic mass is 16.6. The Bertz CT molecular complexity index is 927. The Morgan fingerprint density at radius 3 is 2.62 bits per heavy atom. The van der Waals surface area contributed by atoms with E-state index in [1.165, 1.54) is 12.2 Å². The van der Waals surface area contributed by atoms with Crippen molar-refractivity contribution in [2.45, 2.75) is 0 Å². The number of primary amides is 1. The van der Waals surface area contributed by atoms with E-state index in [0.29, 0.717) is 11.3 Å². The molecule has 0 unspecified atom stereocenters. The summed E-state index contributed by atoms with van der Waals surface area (Å²) < 4.78 is 5.21. The molecule has 0 atom stereocenters. The van der Waals surface area contributed by atoms with Gasteiger partial charge in [0.15, 0.2) is 6.61 Å². The van der Waals surface area contributed by atoms with Gasteiger partial charge in [-0.3, -0.25) is 24.7 Å². The first-order valence-electron chi connectivity index (χ1n) is 6.57. The van der Waals surface area contributed by atoms with Crippen LogP contribution in [0, 0.1) is 10.1 Å². The number of nitrogens with two attached hydrogens (primary N) is 1. The summed E-state index contributed by atoms with van der Waals surface area (Å²) in [4.78, 5) is 47.6. The van der Waals surface area contributed by atoms with Gasteiger partial charge in [-0.05, 0) is 18.2 Å². The van der Waals surface area contributed by atoms with E-state index in [-0.39, 0.29) is 12.3 Å². The van der Waals surface area contributed by atoms with Crippen LogP contribution >= 0.6 is 0 Å². The minimum absolute atomic E-state index is 0.265. The fourth-order valence-corrected chi connectivity index (χ4v) is 1.87. The van der Waals surface area contributed by atoms with Crippen molar-refractivity contribution >= 4 is 23.7 Å². The summed E-state index contributed by atoms with van der Waals surface area (Å²) in [5, 5.41) is 11.0. The van der Waals surface area contributed by atoms with Gasteiger partial charge in [-0.2, -0.15) is 0 Å². The standard InChI is InChI=1S/C14H12N4O6/c15-11(19)7-24-10-4-2-1-3-8(10)5-6-9-12(18(22)23)13(20)17-14(21)16-9/h1-6H,7H2,(H2,15,19)(H2,16,17,20,21). The maximum Gasteiger partial charge on any atom is 0.357 e. The van der Waals surface area contributed by atoms with Gasteiger partial charge in [0, 0.05) is 5.56 Å². The molecule has 1 amide bonds. The number of benzene rings is 1. The molecule has 0 fully saturated rings. The van der Waals surface area contributed by atoms with Crippen LogP contribution in [0.3, 0.4) is 0 Å². The van der Waals surface area contributed by atoms with Gasteiger partial charge >= 0.3 is 16.9 Å². The normalized spacial score (nSPS) is 10.7. The van der Waals surface area contributed by atoms with E-state index in [4.69, 9.17) is 10.5 Å². The minimum atomic E-state index is -1.11. The van der Waals surface area contributed by atoms with Crippen LogP contribution in [0.1, 0.15) is 11.3 Å². The lowest BCUT2D eigenvalue weighted by molar-refractivity contribution is -0.386. The molecule has 10 heteroatoms. The number of carbonyl (C=O) groups is 1. The Morgan fingerprint density at radius 2 is 1.96 bits per heavy atom. The molecule has 2 aromatic rings. The van der Waals surface area contributed by atoms with Crippen molar-refractivity contribution in [3.05, 3.63) is 66.5 Å². The molecule has 0 bridgehead atoms. The number of rotatable bonds is 6. The minimum Gasteiger partial charge on any atom is -0.483 e. The first kappa shape index (κ1) is 16.7. The number of carbonyl (C=O) groups excluding carboxylic acids is 1. The molecular weight excluding hydrogens is 320 g/mol. The fourth-order valence-electron chi connectivity index (χ4n) is 1.87. The molecule has 0 aliphatic rings. The number of nitrogens with one attached hydrogen (secondary N) is 2. The van der Waals surface area contributed by atoms with Crippen LogP contribution in [0.25, 0.3) is 12.2 Å². The van der Waals surface area contributed by atoms with Crippen LogP contribution in [0.15, 0.2) is 33.9 Å². The predicted molar refractivity (Wildman–Crippen MR) is 84.4 cm³/mol. The predicted octanol–water partition coefficient (Wildman–Crippen LogP) is 0.00590. The molecule has 0 aliphatic carbocycles. The summed E-state index contributed by atoms with van der Waals surface area (Å²) in [6.07, 6.45) is 2.59. The SMILES string of the molecule is NC(=O)COc1ccccc1C=Cc1[nH]c(=O)[nH]c(=O)c1[N+](=O)[O-]. The van der Waals surface area contributed by atoms with Crippen molar-refractivity contribution in [2.75, 3.05) is 6.61 Å². The van der Waals surface area contributed by atoms with Crippen molar-refractivity contribution in [3.63, 3.8) is 0 Å². The molecule has 0 saturated carbocycles. The molecule has 0 aliphatic heterocycles. The smallest absolute Gasteiger partial charge is 0.357 e. The Morgan fingerprint density at radius 1 is 1.25 bits per heavy atom. The molecular formula is C14H12N4O6. The van der Waals surface area contributed by atoms with E-state index >= 15 is 0 Å². The number of aromatic nitrogens is 2. The molecule has 0 radical (unpaired) electrons. The number of amides is 1. The highest BCUT2D eigenvalue weighted by molar-refractivity contribution is 5.76. The Kier molecular flexibility index (Phi) is 4.90. The third-order valence-corrected chi connectivity index (χ3v) is 2.85. The second-order valence-corrected chi connectivity index (χ2v) is 4.55. The summed E-state index contributed by atoms with van der Waals surface area (Å²) >= 11 is 0. The van der Waals surface area contributed by atoms with E-state index in [1.807, 2.05) is 0 Å². The topological polar surface area (TPSA) is 161 Å². The molecule has 0 spiro atoms. The number of aromatic amines is 2. The van der Waals surface area contributed by atoms with Crippen LogP contribution in [0.2, 0.25) is 0 Å². The van der Waals surface area contributed by atoms with E-state index in [0.717, 1.165) is 0 Å². The molecule has 2 rings (SSSR count). The van der Waals surface area contributed by atoms with Gasteiger partial charge in [-0.15, -0.1) is 0 Å². The largest absolute Gasteiger partial charge is 0.483 e. The van der Waals surface area contributed by atoms with E-state index < -0.39 is 27.8 Å². The third-order valence-electron chi connectivity index (χ3n) is 2.85. The Hall–Kier alpha value is -3.69. The van der Waals surface area contributed by atoms with Crippen LogP contribution in [0.5, 0.6) is 5.75 Å². The second kappa shape index (κ2) is 7.05. The lowest BCUT2D eigenvalue weighted by atomic mass is 10.1. The molecule has 1 aromatic heterocycles.